The van der Waals surface area contributed by atoms with Crippen LogP contribution in [0.25, 0.3) is 10.2 Å². The van der Waals surface area contributed by atoms with E-state index in [0.29, 0.717) is 22.7 Å². The molecule has 136 valence electrons. The monoisotopic (exact) mass is 384 g/mol. The van der Waals surface area contributed by atoms with Gasteiger partial charge < -0.3 is 9.30 Å². The van der Waals surface area contributed by atoms with Crippen LogP contribution in [0, 0.1) is 0 Å². The van der Waals surface area contributed by atoms with E-state index < -0.39 is 9.84 Å². The highest BCUT2D eigenvalue weighted by Gasteiger charge is 2.13. The van der Waals surface area contributed by atoms with Crippen molar-refractivity contribution >= 4 is 43.3 Å². The Kier molecular flexibility index (Phi) is 6.12. The highest BCUT2D eigenvalue weighted by Crippen LogP contribution is 2.22. The van der Waals surface area contributed by atoms with Crippen molar-refractivity contribution in [2.24, 2.45) is 4.99 Å². The summed E-state index contributed by atoms with van der Waals surface area (Å²) in [6, 6.07) is 4.74. The number of fused-ring (bicyclic) bond motifs is 1. The number of aromatic nitrogens is 1. The fourth-order valence-corrected chi connectivity index (χ4v) is 4.04. The van der Waals surface area contributed by atoms with Crippen molar-refractivity contribution in [3.8, 4) is 0 Å². The predicted octanol–water partition coefficient (Wildman–Crippen LogP) is 1.90. The topological polar surface area (TPSA) is 94.8 Å². The second-order valence-corrected chi connectivity index (χ2v) is 8.38. The number of aryl methyl sites for hydroxylation is 1. The lowest BCUT2D eigenvalue weighted by atomic mass is 10.3. The lowest BCUT2D eigenvalue weighted by molar-refractivity contribution is -0.143. The normalized spacial score (nSPS) is 12.5. The Morgan fingerprint density at radius 1 is 1.28 bits per heavy atom. The minimum atomic E-state index is -3.33. The molecule has 0 spiro atoms. The zero-order chi connectivity index (χ0) is 18.6. The minimum Gasteiger partial charge on any atom is -0.466 e. The van der Waals surface area contributed by atoms with Crippen molar-refractivity contribution in [1.82, 2.24) is 4.57 Å². The number of thiazole rings is 1. The molecule has 0 N–H and O–H groups in total. The summed E-state index contributed by atoms with van der Waals surface area (Å²) in [5.41, 5.74) is 0.726. The third kappa shape index (κ3) is 4.76. The van der Waals surface area contributed by atoms with Gasteiger partial charge in [-0.15, -0.1) is 0 Å². The van der Waals surface area contributed by atoms with Gasteiger partial charge in [0.15, 0.2) is 14.6 Å². The fraction of sp³-hybridized carbons (Fsp3) is 0.438. The lowest BCUT2D eigenvalue weighted by Gasteiger charge is -2.06. The van der Waals surface area contributed by atoms with Gasteiger partial charge in [-0.1, -0.05) is 18.3 Å². The Hall–Kier alpha value is -2.00. The molecule has 2 rings (SSSR count). The molecule has 0 aliphatic carbocycles. The van der Waals surface area contributed by atoms with Gasteiger partial charge in [-0.3, -0.25) is 9.59 Å². The van der Waals surface area contributed by atoms with Crippen LogP contribution in [-0.4, -0.2) is 37.7 Å². The summed E-state index contributed by atoms with van der Waals surface area (Å²) >= 11 is 1.22. The number of hydrogen-bond donors (Lipinski definition) is 0. The maximum absolute atomic E-state index is 11.7. The number of hydrogen-bond acceptors (Lipinski definition) is 6. The van der Waals surface area contributed by atoms with Crippen molar-refractivity contribution in [1.29, 1.82) is 0 Å². The number of sulfone groups is 1. The smallest absolute Gasteiger partial charge is 0.307 e. The molecule has 0 radical (unpaired) electrons. The molecule has 1 aromatic carbocycles. The van der Waals surface area contributed by atoms with E-state index in [2.05, 4.69) is 4.99 Å². The Bertz CT molecular complexity index is 970. The van der Waals surface area contributed by atoms with Crippen LogP contribution >= 0.6 is 11.3 Å². The number of ether oxygens (including phenoxy) is 1. The van der Waals surface area contributed by atoms with E-state index in [-0.39, 0.29) is 29.6 Å². The molecule has 0 bridgehead atoms. The molecule has 0 aliphatic heterocycles. The number of rotatable bonds is 6. The van der Waals surface area contributed by atoms with Crippen LogP contribution in [0.5, 0.6) is 0 Å². The standard InChI is InChI=1S/C16H20N2O5S2/c1-4-14(19)17-16-18(9-8-15(20)23-5-2)12-7-6-11(25(3,21)22)10-13(12)24-16/h6-7,10H,4-5,8-9H2,1-3H3. The summed E-state index contributed by atoms with van der Waals surface area (Å²) in [6.07, 6.45) is 1.55. The van der Waals surface area contributed by atoms with Gasteiger partial charge in [0.25, 0.3) is 0 Å². The van der Waals surface area contributed by atoms with Gasteiger partial charge in [0.05, 0.1) is 28.1 Å². The SMILES string of the molecule is CCOC(=O)CCn1c(=NC(=O)CC)sc2cc(S(C)(=O)=O)ccc21. The summed E-state index contributed by atoms with van der Waals surface area (Å²) < 4.78 is 30.8. The number of esters is 1. The van der Waals surface area contributed by atoms with Crippen LogP contribution in [0.2, 0.25) is 0 Å². The number of carbonyl (C=O) groups excluding carboxylic acids is 2. The van der Waals surface area contributed by atoms with Gasteiger partial charge in [0, 0.05) is 19.2 Å². The van der Waals surface area contributed by atoms with E-state index in [0.717, 1.165) is 11.8 Å². The third-order valence-corrected chi connectivity index (χ3v) is 5.60. The van der Waals surface area contributed by atoms with Crippen molar-refractivity contribution in [2.45, 2.75) is 38.1 Å². The average molecular weight is 384 g/mol. The first-order valence-corrected chi connectivity index (χ1v) is 10.5. The Labute approximate surface area is 149 Å². The molecule has 0 unspecified atom stereocenters. The fourth-order valence-electron chi connectivity index (χ4n) is 2.21. The van der Waals surface area contributed by atoms with Crippen molar-refractivity contribution in [3.63, 3.8) is 0 Å². The molecule has 0 fully saturated rings. The Morgan fingerprint density at radius 2 is 2.00 bits per heavy atom. The summed E-state index contributed by atoms with van der Waals surface area (Å²) in [5, 5.41) is 0. The molecule has 0 atom stereocenters. The molecule has 0 saturated carbocycles. The van der Waals surface area contributed by atoms with Crippen LogP contribution in [0.3, 0.4) is 0 Å². The zero-order valence-corrected chi connectivity index (χ0v) is 15.9. The minimum absolute atomic E-state index is 0.140. The first kappa shape index (κ1) is 19.3. The van der Waals surface area contributed by atoms with Gasteiger partial charge in [-0.05, 0) is 25.1 Å². The highest BCUT2D eigenvalue weighted by atomic mass is 32.2. The van der Waals surface area contributed by atoms with Crippen LogP contribution in [-0.2, 0) is 30.7 Å². The second kappa shape index (κ2) is 7.92. The highest BCUT2D eigenvalue weighted by molar-refractivity contribution is 7.90. The van der Waals surface area contributed by atoms with Crippen molar-refractivity contribution in [2.75, 3.05) is 12.9 Å². The van der Waals surface area contributed by atoms with Crippen LogP contribution < -0.4 is 4.80 Å². The predicted molar refractivity (Wildman–Crippen MR) is 95.0 cm³/mol. The van der Waals surface area contributed by atoms with Crippen LogP contribution in [0.1, 0.15) is 26.7 Å². The van der Waals surface area contributed by atoms with Gasteiger partial charge in [0.2, 0.25) is 5.91 Å². The molecule has 2 aromatic rings. The maximum Gasteiger partial charge on any atom is 0.307 e. The summed E-state index contributed by atoms with van der Waals surface area (Å²) in [6.45, 7) is 4.05. The van der Waals surface area contributed by atoms with E-state index in [9.17, 15) is 18.0 Å². The average Bonchev–Trinajstić information content (AvgIpc) is 2.88. The molecule has 0 aliphatic rings. The van der Waals surface area contributed by atoms with E-state index in [1.54, 1.807) is 30.5 Å². The molecule has 25 heavy (non-hydrogen) atoms. The number of carbonyl (C=O) groups is 2. The first-order chi connectivity index (χ1) is 11.8. The Morgan fingerprint density at radius 3 is 2.60 bits per heavy atom. The quantitative estimate of drug-likeness (QED) is 0.709. The van der Waals surface area contributed by atoms with E-state index in [4.69, 9.17) is 4.74 Å². The Balaban J connectivity index is 2.55. The van der Waals surface area contributed by atoms with Gasteiger partial charge in [-0.2, -0.15) is 4.99 Å². The number of benzene rings is 1. The molecule has 1 heterocycles. The zero-order valence-electron chi connectivity index (χ0n) is 14.3. The van der Waals surface area contributed by atoms with Crippen molar-refractivity contribution in [3.05, 3.63) is 23.0 Å². The second-order valence-electron chi connectivity index (χ2n) is 5.35. The largest absolute Gasteiger partial charge is 0.466 e. The van der Waals surface area contributed by atoms with E-state index >= 15 is 0 Å². The summed E-state index contributed by atoms with van der Waals surface area (Å²) in [7, 11) is -3.33. The maximum atomic E-state index is 11.7. The summed E-state index contributed by atoms with van der Waals surface area (Å²) in [4.78, 5) is 28.1. The molecule has 0 saturated heterocycles. The van der Waals surface area contributed by atoms with Gasteiger partial charge in [0.1, 0.15) is 0 Å². The molecule has 9 heteroatoms. The first-order valence-electron chi connectivity index (χ1n) is 7.83. The van der Waals surface area contributed by atoms with E-state index in [1.165, 1.54) is 17.4 Å². The van der Waals surface area contributed by atoms with Gasteiger partial charge in [-0.25, -0.2) is 8.42 Å². The van der Waals surface area contributed by atoms with Crippen LogP contribution in [0.4, 0.5) is 0 Å². The lowest BCUT2D eigenvalue weighted by Crippen LogP contribution is -2.19. The molecule has 1 amide bonds. The third-order valence-electron chi connectivity index (χ3n) is 3.45. The van der Waals surface area contributed by atoms with Gasteiger partial charge >= 0.3 is 5.97 Å². The summed E-state index contributed by atoms with van der Waals surface area (Å²) in [5.74, 6) is -0.616. The molecule has 7 nitrogen and oxygen atoms in total. The molecular formula is C16H20N2O5S2. The molecular weight excluding hydrogens is 364 g/mol. The number of amides is 1. The van der Waals surface area contributed by atoms with Crippen molar-refractivity contribution < 1.29 is 22.7 Å². The number of nitrogens with zero attached hydrogens (tertiary/aromatic N) is 2. The van der Waals surface area contributed by atoms with E-state index in [1.807, 2.05) is 0 Å². The van der Waals surface area contributed by atoms with Crippen LogP contribution in [0.15, 0.2) is 28.1 Å². The molecule has 1 aromatic heterocycles.